The Kier molecular flexibility index (Phi) is 12.1. The molecule has 4 aliphatic heterocycles. The maximum Gasteiger partial charge on any atom is 0.407 e. The zero-order valence-corrected chi connectivity index (χ0v) is 37.6. The fraction of sp³-hybridized carbons (Fsp3) is 0.400. The van der Waals surface area contributed by atoms with Crippen LogP contribution >= 0.6 is 0 Å². The van der Waals surface area contributed by atoms with Crippen LogP contribution in [0.2, 0.25) is 0 Å². The number of aromatic nitrogens is 2. The molecule has 0 bridgehead atoms. The molecule has 0 spiro atoms. The topological polar surface area (TPSA) is 177 Å². The summed E-state index contributed by atoms with van der Waals surface area (Å²) in [5.74, 6) is 1.09. The molecule has 2 fully saturated rings. The highest BCUT2D eigenvalue weighted by molar-refractivity contribution is 6.07. The number of carbonyl (C=O) groups excluding carboxylic acids is 4. The molecule has 15 heteroatoms. The predicted octanol–water partition coefficient (Wildman–Crippen LogP) is 7.81. The van der Waals surface area contributed by atoms with Gasteiger partial charge in [-0.1, -0.05) is 62.4 Å². The molecule has 65 heavy (non-hydrogen) atoms. The van der Waals surface area contributed by atoms with Gasteiger partial charge < -0.3 is 44.4 Å². The lowest BCUT2D eigenvalue weighted by Gasteiger charge is -2.32. The van der Waals surface area contributed by atoms with E-state index in [0.717, 1.165) is 74.3 Å². The number of rotatable bonds is 11. The lowest BCUT2D eigenvalue weighted by Crippen LogP contribution is -2.52. The third-order valence-electron chi connectivity index (χ3n) is 13.4. The van der Waals surface area contributed by atoms with Gasteiger partial charge in [0, 0.05) is 43.3 Å². The Morgan fingerprint density at radius 2 is 1.68 bits per heavy atom. The van der Waals surface area contributed by atoms with Crippen molar-refractivity contribution >= 4 is 46.2 Å². The molecule has 6 atom stereocenters. The number of imidazole rings is 1. The molecule has 5 aromatic rings. The second-order valence-electron chi connectivity index (χ2n) is 17.8. The zero-order chi connectivity index (χ0) is 45.5. The molecule has 9 rings (SSSR count). The third kappa shape index (κ3) is 8.29. The minimum atomic E-state index is -0.928. The molecule has 1 unspecified atom stereocenters. The van der Waals surface area contributed by atoms with Gasteiger partial charge in [-0.2, -0.15) is 0 Å². The number of aromatic amines is 1. The van der Waals surface area contributed by atoms with Crippen molar-refractivity contribution in [1.82, 2.24) is 30.4 Å². The monoisotopic (exact) mass is 881 g/mol. The van der Waals surface area contributed by atoms with Crippen molar-refractivity contribution in [1.29, 1.82) is 0 Å². The molecule has 4 aromatic carbocycles. The van der Waals surface area contributed by atoms with Crippen LogP contribution in [-0.4, -0.2) is 102 Å². The number of H-pyrrole nitrogens is 1. The Morgan fingerprint density at radius 1 is 0.892 bits per heavy atom. The Bertz CT molecular complexity index is 2680. The fourth-order valence-electron chi connectivity index (χ4n) is 10.1. The van der Waals surface area contributed by atoms with E-state index in [0.29, 0.717) is 44.0 Å². The van der Waals surface area contributed by atoms with Crippen molar-refractivity contribution < 1.29 is 38.1 Å². The highest BCUT2D eigenvalue weighted by Crippen LogP contribution is 2.45. The minimum absolute atomic E-state index is 0.0203. The smallest absolute Gasteiger partial charge is 0.407 e. The summed E-state index contributed by atoms with van der Waals surface area (Å²) >= 11 is 0. The summed E-state index contributed by atoms with van der Waals surface area (Å²) in [7, 11) is 4.25. The highest BCUT2D eigenvalue weighted by atomic mass is 16.5. The number of hydrogen-bond acceptors (Lipinski definition) is 10. The van der Waals surface area contributed by atoms with E-state index in [2.05, 4.69) is 58.1 Å². The van der Waals surface area contributed by atoms with Crippen molar-refractivity contribution in [3.05, 3.63) is 102 Å². The summed E-state index contributed by atoms with van der Waals surface area (Å²) in [4.78, 5) is 70.1. The Balaban J connectivity index is 0.949. The maximum atomic E-state index is 14.4. The first kappa shape index (κ1) is 43.5. The summed E-state index contributed by atoms with van der Waals surface area (Å²) in [6, 6.07) is 21.8. The lowest BCUT2D eigenvalue weighted by atomic mass is 9.90. The van der Waals surface area contributed by atoms with E-state index in [9.17, 15) is 19.2 Å². The summed E-state index contributed by atoms with van der Waals surface area (Å²) in [6.45, 7) is 7.20. The molecule has 3 N–H and O–H groups in total. The van der Waals surface area contributed by atoms with E-state index in [4.69, 9.17) is 28.9 Å². The van der Waals surface area contributed by atoms with Crippen LogP contribution in [0.25, 0.3) is 33.2 Å². The van der Waals surface area contributed by atoms with Crippen LogP contribution in [0.5, 0.6) is 5.75 Å². The molecule has 0 aliphatic carbocycles. The summed E-state index contributed by atoms with van der Waals surface area (Å²) in [5, 5.41) is 7.62. The molecular weight excluding hydrogens is 827 g/mol. The molecule has 4 amide bonds. The maximum absolute atomic E-state index is 14.4. The van der Waals surface area contributed by atoms with Crippen molar-refractivity contribution in [2.75, 3.05) is 34.5 Å². The van der Waals surface area contributed by atoms with Crippen molar-refractivity contribution in [2.45, 2.75) is 83.3 Å². The molecule has 2 saturated heterocycles. The van der Waals surface area contributed by atoms with E-state index in [1.807, 2.05) is 67.1 Å². The second kappa shape index (κ2) is 18.0. The number of ether oxygens (including phenoxy) is 4. The number of nitrogens with one attached hydrogen (secondary N) is 3. The van der Waals surface area contributed by atoms with Gasteiger partial charge in [0.2, 0.25) is 11.8 Å². The number of nitrogens with zero attached hydrogens (tertiary/aromatic N) is 4. The number of hydrogen-bond donors (Lipinski definition) is 3. The normalized spacial score (nSPS) is 20.6. The molecule has 0 radical (unpaired) electrons. The average Bonchev–Trinajstić information content (AvgIpc) is 4.15. The van der Waals surface area contributed by atoms with Crippen LogP contribution < -0.4 is 15.4 Å². The van der Waals surface area contributed by atoms with Gasteiger partial charge in [-0.3, -0.25) is 14.6 Å². The van der Waals surface area contributed by atoms with Gasteiger partial charge in [0.15, 0.2) is 0 Å². The first-order chi connectivity index (χ1) is 31.5. The summed E-state index contributed by atoms with van der Waals surface area (Å²) in [5.41, 5.74) is 8.47. The summed E-state index contributed by atoms with van der Waals surface area (Å²) < 4.78 is 21.8. The Hall–Kier alpha value is -6.74. The van der Waals surface area contributed by atoms with Crippen LogP contribution in [0.15, 0.2) is 84.0 Å². The molecular formula is C50H55N7O8. The number of alkyl carbamates (subject to hydrolysis) is 2. The van der Waals surface area contributed by atoms with Gasteiger partial charge in [-0.15, -0.1) is 0 Å². The minimum Gasteiger partial charge on any atom is -0.488 e. The Labute approximate surface area is 377 Å². The van der Waals surface area contributed by atoms with Gasteiger partial charge in [0.05, 0.1) is 50.5 Å². The van der Waals surface area contributed by atoms with E-state index >= 15 is 0 Å². The van der Waals surface area contributed by atoms with E-state index in [1.54, 1.807) is 7.11 Å². The quantitative estimate of drug-likeness (QED) is 0.119. The van der Waals surface area contributed by atoms with Crippen LogP contribution in [-0.2, 0) is 36.8 Å². The third-order valence-corrected chi connectivity index (χ3v) is 13.4. The molecule has 0 saturated carbocycles. The van der Waals surface area contributed by atoms with Gasteiger partial charge in [-0.25, -0.2) is 14.6 Å². The van der Waals surface area contributed by atoms with Crippen LogP contribution in [0, 0.1) is 11.8 Å². The van der Waals surface area contributed by atoms with Gasteiger partial charge in [0.1, 0.15) is 30.3 Å². The zero-order valence-electron chi connectivity index (χ0n) is 37.6. The average molecular weight is 882 g/mol. The van der Waals surface area contributed by atoms with Crippen LogP contribution in [0.3, 0.4) is 0 Å². The van der Waals surface area contributed by atoms with E-state index in [-0.39, 0.29) is 41.8 Å². The fourth-order valence-corrected chi connectivity index (χ4v) is 10.1. The van der Waals surface area contributed by atoms with Gasteiger partial charge >= 0.3 is 12.2 Å². The van der Waals surface area contributed by atoms with Gasteiger partial charge in [-0.05, 0) is 95.0 Å². The van der Waals surface area contributed by atoms with E-state index < -0.39 is 24.3 Å². The second-order valence-corrected chi connectivity index (χ2v) is 17.8. The van der Waals surface area contributed by atoms with Crippen LogP contribution in [0.1, 0.15) is 74.6 Å². The molecule has 5 heterocycles. The number of aliphatic imine (C=N–C) groups is 1. The molecule has 1 aromatic heterocycles. The first-order valence-corrected chi connectivity index (χ1v) is 22.3. The van der Waals surface area contributed by atoms with E-state index in [1.165, 1.54) is 14.2 Å². The van der Waals surface area contributed by atoms with Crippen LogP contribution in [0.4, 0.5) is 15.3 Å². The predicted molar refractivity (Wildman–Crippen MR) is 245 cm³/mol. The number of fused-ring (bicyclic) bond motifs is 6. The SMILES string of the molecule is COC[C@H]1C[C@@H](C2=Nc3ccc4cc5c(cc4c3C2)OCc2cc(-c3cnc([C@@H]4CC[C@H](C)N4C(=O)[C@@H](NC(=O)OC)C(C)C)[nH]3)ccc2-5)N(C(=O)C(NC(=O)OC)c2ccccc2)C1. The van der Waals surface area contributed by atoms with Crippen molar-refractivity contribution in [2.24, 2.45) is 16.8 Å². The van der Waals surface area contributed by atoms with Crippen molar-refractivity contribution in [3.63, 3.8) is 0 Å². The number of methoxy groups -OCH3 is 3. The molecule has 338 valence electrons. The number of carbonyl (C=O) groups is 4. The molecule has 4 aliphatic rings. The lowest BCUT2D eigenvalue weighted by molar-refractivity contribution is -0.137. The van der Waals surface area contributed by atoms with Gasteiger partial charge in [0.25, 0.3) is 0 Å². The Morgan fingerprint density at radius 3 is 2.43 bits per heavy atom. The molecule has 15 nitrogen and oxygen atoms in total. The summed E-state index contributed by atoms with van der Waals surface area (Å²) in [6.07, 6.45) is 3.33. The highest BCUT2D eigenvalue weighted by Gasteiger charge is 2.43. The number of likely N-dealkylation sites (tertiary alicyclic amines) is 2. The first-order valence-electron chi connectivity index (χ1n) is 22.3. The van der Waals surface area contributed by atoms with Crippen molar-refractivity contribution in [3.8, 4) is 28.1 Å². The standard InChI is InChI=1S/C50H55N7O8/c1-27(2)44(54-49(60)63-5)48(59)57-28(3)12-17-41(57)46-51-23-40(53-46)32-13-15-34-33(19-32)26-65-43-22-35-31(20-37(34)43)14-16-38-36(35)21-39(52-38)42-18-29(25-62-4)24-56(42)47(58)45(55-50(61)64-6)30-10-8-7-9-11-30/h7-11,13-16,19-20,22-23,27-29,41-42,44-45H,12,17-18,21,24-26H2,1-6H3,(H,51,53)(H,54,60)(H,55,61)/t28-,29-,41-,42-,44-,45?/m0/s1. The number of amides is 4. The number of benzene rings is 4. The largest absolute Gasteiger partial charge is 0.488 e.